The van der Waals surface area contributed by atoms with Gasteiger partial charge in [0.05, 0.1) is 12.6 Å². The van der Waals surface area contributed by atoms with Crippen LogP contribution in [0.25, 0.3) is 0 Å². The maximum absolute atomic E-state index is 14.5. The van der Waals surface area contributed by atoms with Crippen LogP contribution < -0.4 is 5.32 Å². The van der Waals surface area contributed by atoms with E-state index < -0.39 is 18.3 Å². The molecular formula is C29H36FN3O3. The van der Waals surface area contributed by atoms with Gasteiger partial charge in [0.25, 0.3) is 0 Å². The highest BCUT2D eigenvalue weighted by Crippen LogP contribution is 2.35. The summed E-state index contributed by atoms with van der Waals surface area (Å²) >= 11 is 0. The first-order valence-corrected chi connectivity index (χ1v) is 12.7. The Morgan fingerprint density at radius 3 is 2.17 bits per heavy atom. The average molecular weight is 494 g/mol. The molecule has 192 valence electrons. The van der Waals surface area contributed by atoms with Crippen LogP contribution in [0.4, 0.5) is 4.39 Å². The highest BCUT2D eigenvalue weighted by Gasteiger charge is 2.46. The molecule has 0 saturated carbocycles. The molecule has 2 heterocycles. The molecule has 1 N–H and O–H groups in total. The number of carbonyl (C=O) groups excluding carboxylic acids is 3. The first kappa shape index (κ1) is 25.9. The fourth-order valence-electron chi connectivity index (χ4n) is 5.30. The Morgan fingerprint density at radius 2 is 1.58 bits per heavy atom. The Balaban J connectivity index is 1.51. The summed E-state index contributed by atoms with van der Waals surface area (Å²) in [6, 6.07) is 16.6. The molecule has 0 aromatic heterocycles. The van der Waals surface area contributed by atoms with Crippen LogP contribution in [0.5, 0.6) is 0 Å². The summed E-state index contributed by atoms with van der Waals surface area (Å²) in [5.74, 6) is -0.216. The second kappa shape index (κ2) is 10.4. The van der Waals surface area contributed by atoms with Crippen molar-refractivity contribution in [1.29, 1.82) is 0 Å². The van der Waals surface area contributed by atoms with E-state index in [2.05, 4.69) is 31.3 Å². The van der Waals surface area contributed by atoms with Gasteiger partial charge in [-0.25, -0.2) is 4.39 Å². The van der Waals surface area contributed by atoms with E-state index in [0.29, 0.717) is 19.0 Å². The smallest absolute Gasteiger partial charge is 0.243 e. The largest absolute Gasteiger partial charge is 0.343 e. The van der Waals surface area contributed by atoms with Gasteiger partial charge in [0, 0.05) is 38.3 Å². The van der Waals surface area contributed by atoms with E-state index in [1.807, 2.05) is 49.4 Å². The van der Waals surface area contributed by atoms with Crippen molar-refractivity contribution in [2.24, 2.45) is 5.41 Å². The van der Waals surface area contributed by atoms with Crippen LogP contribution in [-0.2, 0) is 14.4 Å². The van der Waals surface area contributed by atoms with E-state index in [1.54, 1.807) is 4.90 Å². The van der Waals surface area contributed by atoms with E-state index in [-0.39, 0.29) is 42.5 Å². The summed E-state index contributed by atoms with van der Waals surface area (Å²) < 4.78 is 14.5. The lowest BCUT2D eigenvalue weighted by molar-refractivity contribution is -0.148. The molecule has 0 bridgehead atoms. The molecule has 3 amide bonds. The van der Waals surface area contributed by atoms with Crippen LogP contribution in [0.2, 0.25) is 0 Å². The monoisotopic (exact) mass is 493 g/mol. The zero-order valence-corrected chi connectivity index (χ0v) is 21.5. The number of rotatable bonds is 7. The molecule has 36 heavy (non-hydrogen) atoms. The van der Waals surface area contributed by atoms with Gasteiger partial charge in [-0.15, -0.1) is 0 Å². The summed E-state index contributed by atoms with van der Waals surface area (Å²) in [4.78, 5) is 41.3. The number of hydrogen-bond acceptors (Lipinski definition) is 3. The second-order valence-corrected chi connectivity index (χ2v) is 10.9. The van der Waals surface area contributed by atoms with Crippen LogP contribution in [-0.4, -0.2) is 59.4 Å². The molecule has 2 aliphatic heterocycles. The van der Waals surface area contributed by atoms with E-state index >= 15 is 0 Å². The van der Waals surface area contributed by atoms with Crippen LogP contribution in [0.15, 0.2) is 54.6 Å². The minimum Gasteiger partial charge on any atom is -0.343 e. The molecule has 4 rings (SSSR count). The van der Waals surface area contributed by atoms with Gasteiger partial charge in [-0.1, -0.05) is 75.4 Å². The quantitative estimate of drug-likeness (QED) is 0.628. The van der Waals surface area contributed by atoms with Crippen molar-refractivity contribution in [3.63, 3.8) is 0 Å². The van der Waals surface area contributed by atoms with Gasteiger partial charge in [-0.3, -0.25) is 14.4 Å². The van der Waals surface area contributed by atoms with Crippen molar-refractivity contribution in [3.8, 4) is 0 Å². The SMILES string of the molecule is CC(=O)N1CC(C)(CC(=O)N2C[C@H](F)C[C@H]2C(=O)N[C@@H](c2ccccc2)c2ccc(C(C)C)cc2)C1. The fourth-order valence-corrected chi connectivity index (χ4v) is 5.30. The van der Waals surface area contributed by atoms with Crippen LogP contribution in [0.3, 0.4) is 0 Å². The minimum absolute atomic E-state index is 0.0122. The highest BCUT2D eigenvalue weighted by molar-refractivity contribution is 5.89. The van der Waals surface area contributed by atoms with Gasteiger partial charge < -0.3 is 15.1 Å². The van der Waals surface area contributed by atoms with Crippen molar-refractivity contribution in [3.05, 3.63) is 71.3 Å². The normalized spacial score (nSPS) is 21.7. The zero-order valence-electron chi connectivity index (χ0n) is 21.5. The summed E-state index contributed by atoms with van der Waals surface area (Å²) in [5.41, 5.74) is 2.71. The molecule has 3 atom stereocenters. The van der Waals surface area contributed by atoms with Crippen LogP contribution >= 0.6 is 0 Å². The topological polar surface area (TPSA) is 69.7 Å². The molecule has 0 radical (unpaired) electrons. The van der Waals surface area contributed by atoms with Crippen molar-refractivity contribution in [1.82, 2.24) is 15.1 Å². The number of nitrogens with zero attached hydrogens (tertiary/aromatic N) is 2. The Bertz CT molecular complexity index is 1100. The van der Waals surface area contributed by atoms with Gasteiger partial charge >= 0.3 is 0 Å². The number of halogens is 1. The lowest BCUT2D eigenvalue weighted by Crippen LogP contribution is -2.58. The predicted molar refractivity (Wildman–Crippen MR) is 137 cm³/mol. The molecule has 0 unspecified atom stereocenters. The molecule has 2 aromatic carbocycles. The molecule has 2 aliphatic rings. The van der Waals surface area contributed by atoms with Crippen molar-refractivity contribution >= 4 is 17.7 Å². The van der Waals surface area contributed by atoms with E-state index in [4.69, 9.17) is 0 Å². The van der Waals surface area contributed by atoms with Crippen molar-refractivity contribution in [2.45, 2.75) is 64.7 Å². The standard InChI is InChI=1S/C29H36FN3O3/c1-19(2)21-10-12-23(13-11-21)27(22-8-6-5-7-9-22)31-28(36)25-14-24(30)16-33(25)26(35)15-29(4)17-32(18-29)20(3)34/h5-13,19,24-25,27H,14-18H2,1-4H3,(H,31,36)/t24-,25+,27+/m1/s1. The molecule has 0 spiro atoms. The Kier molecular flexibility index (Phi) is 7.48. The molecule has 0 aliphatic carbocycles. The molecular weight excluding hydrogens is 457 g/mol. The summed E-state index contributed by atoms with van der Waals surface area (Å²) in [7, 11) is 0. The van der Waals surface area contributed by atoms with Crippen molar-refractivity contribution < 1.29 is 18.8 Å². The average Bonchev–Trinajstić information content (AvgIpc) is 3.23. The number of likely N-dealkylation sites (tertiary alicyclic amines) is 2. The molecule has 2 saturated heterocycles. The number of amides is 3. The highest BCUT2D eigenvalue weighted by atomic mass is 19.1. The van der Waals surface area contributed by atoms with Gasteiger partial charge in [-0.2, -0.15) is 0 Å². The zero-order chi connectivity index (χ0) is 26.0. The summed E-state index contributed by atoms with van der Waals surface area (Å²) in [5, 5.41) is 3.11. The third-order valence-electron chi connectivity index (χ3n) is 7.40. The Hall–Kier alpha value is -3.22. The predicted octanol–water partition coefficient (Wildman–Crippen LogP) is 4.21. The lowest BCUT2D eigenvalue weighted by Gasteiger charge is -2.48. The van der Waals surface area contributed by atoms with E-state index in [1.165, 1.54) is 17.4 Å². The van der Waals surface area contributed by atoms with E-state index in [0.717, 1.165) is 11.1 Å². The third-order valence-corrected chi connectivity index (χ3v) is 7.40. The van der Waals surface area contributed by atoms with Crippen molar-refractivity contribution in [2.75, 3.05) is 19.6 Å². The maximum Gasteiger partial charge on any atom is 0.243 e. The Labute approximate surface area is 212 Å². The van der Waals surface area contributed by atoms with E-state index in [9.17, 15) is 18.8 Å². The van der Waals surface area contributed by atoms with Gasteiger partial charge in [0.1, 0.15) is 12.2 Å². The first-order chi connectivity index (χ1) is 17.1. The van der Waals surface area contributed by atoms with Crippen LogP contribution in [0, 0.1) is 5.41 Å². The first-order valence-electron chi connectivity index (χ1n) is 12.7. The molecule has 2 fully saturated rings. The Morgan fingerprint density at radius 1 is 1.00 bits per heavy atom. The fraction of sp³-hybridized carbons (Fsp3) is 0.483. The second-order valence-electron chi connectivity index (χ2n) is 10.9. The number of alkyl halides is 1. The molecule has 7 heteroatoms. The number of nitrogens with one attached hydrogen (secondary N) is 1. The summed E-state index contributed by atoms with van der Waals surface area (Å²) in [6.45, 7) is 8.64. The minimum atomic E-state index is -1.24. The number of carbonyl (C=O) groups is 3. The number of hydrogen-bond donors (Lipinski definition) is 1. The third kappa shape index (κ3) is 5.61. The molecule has 2 aromatic rings. The van der Waals surface area contributed by atoms with Gasteiger partial charge in [-0.05, 0) is 22.6 Å². The molecule has 6 nitrogen and oxygen atoms in total. The van der Waals surface area contributed by atoms with Gasteiger partial charge in [0.2, 0.25) is 17.7 Å². The maximum atomic E-state index is 14.5. The van der Waals surface area contributed by atoms with Crippen LogP contribution in [0.1, 0.15) is 69.2 Å². The number of benzene rings is 2. The lowest BCUT2D eigenvalue weighted by atomic mass is 9.78. The summed E-state index contributed by atoms with van der Waals surface area (Å²) in [6.07, 6.45) is -1.07. The van der Waals surface area contributed by atoms with Gasteiger partial charge in [0.15, 0.2) is 0 Å².